The first-order valence-electron chi connectivity index (χ1n) is 11.5. The van der Waals surface area contributed by atoms with Gasteiger partial charge in [-0.25, -0.2) is 8.42 Å². The van der Waals surface area contributed by atoms with Crippen molar-refractivity contribution in [3.05, 3.63) is 65.2 Å². The van der Waals surface area contributed by atoms with Crippen molar-refractivity contribution in [3.63, 3.8) is 0 Å². The van der Waals surface area contributed by atoms with E-state index >= 15 is 0 Å². The zero-order valence-corrected chi connectivity index (χ0v) is 19.9. The van der Waals surface area contributed by atoms with Crippen LogP contribution in [0, 0.1) is 0 Å². The lowest BCUT2D eigenvalue weighted by molar-refractivity contribution is -0.133. The van der Waals surface area contributed by atoms with E-state index in [4.69, 9.17) is 5.73 Å². The Morgan fingerprint density at radius 1 is 1.03 bits per heavy atom. The molecule has 32 heavy (non-hydrogen) atoms. The fourth-order valence-electron chi connectivity index (χ4n) is 4.32. The molecule has 0 unspecified atom stereocenters. The van der Waals surface area contributed by atoms with Crippen molar-refractivity contribution in [2.75, 3.05) is 7.05 Å². The second kappa shape index (κ2) is 11.1. The normalized spacial score (nSPS) is 15.6. The van der Waals surface area contributed by atoms with E-state index in [1.54, 1.807) is 24.1 Å². The molecule has 1 aliphatic carbocycles. The molecular formula is C25H35N3O3S. The van der Waals surface area contributed by atoms with E-state index < -0.39 is 16.1 Å². The molecule has 2 aromatic carbocycles. The molecule has 0 aliphatic heterocycles. The number of sulfonamides is 1. The van der Waals surface area contributed by atoms with Crippen LogP contribution in [0.3, 0.4) is 0 Å². The van der Waals surface area contributed by atoms with E-state index in [0.29, 0.717) is 6.54 Å². The highest BCUT2D eigenvalue weighted by Crippen LogP contribution is 2.24. The van der Waals surface area contributed by atoms with Gasteiger partial charge < -0.3 is 10.6 Å². The number of amides is 1. The zero-order valence-electron chi connectivity index (χ0n) is 19.1. The topological polar surface area (TPSA) is 92.5 Å². The van der Waals surface area contributed by atoms with Gasteiger partial charge in [0.2, 0.25) is 15.9 Å². The lowest BCUT2D eigenvalue weighted by atomic mass is 10.0. The average Bonchev–Trinajstić information content (AvgIpc) is 3.33. The third kappa shape index (κ3) is 6.18. The Morgan fingerprint density at radius 3 is 2.16 bits per heavy atom. The highest BCUT2D eigenvalue weighted by atomic mass is 32.2. The van der Waals surface area contributed by atoms with Crippen molar-refractivity contribution in [3.8, 4) is 0 Å². The summed E-state index contributed by atoms with van der Waals surface area (Å²) in [5, 5.41) is 0. The molecular weight excluding hydrogens is 422 g/mol. The zero-order chi connectivity index (χ0) is 23.1. The van der Waals surface area contributed by atoms with Gasteiger partial charge in [0.15, 0.2) is 0 Å². The van der Waals surface area contributed by atoms with Crippen molar-refractivity contribution in [1.29, 1.82) is 0 Å². The lowest BCUT2D eigenvalue weighted by Gasteiger charge is -2.29. The van der Waals surface area contributed by atoms with Crippen LogP contribution < -0.4 is 10.5 Å². The molecule has 0 bridgehead atoms. The Morgan fingerprint density at radius 2 is 1.59 bits per heavy atom. The number of nitrogens with two attached hydrogens (primary N) is 1. The smallest absolute Gasteiger partial charge is 0.241 e. The van der Waals surface area contributed by atoms with E-state index in [9.17, 15) is 13.2 Å². The first-order chi connectivity index (χ1) is 15.3. The van der Waals surface area contributed by atoms with Gasteiger partial charge in [0.25, 0.3) is 0 Å². The number of hydrogen-bond acceptors (Lipinski definition) is 4. The fourth-order valence-corrected chi connectivity index (χ4v) is 5.51. The van der Waals surface area contributed by atoms with Gasteiger partial charge in [0.1, 0.15) is 6.04 Å². The minimum atomic E-state index is -3.84. The van der Waals surface area contributed by atoms with Crippen molar-refractivity contribution in [2.24, 2.45) is 5.73 Å². The van der Waals surface area contributed by atoms with E-state index in [1.807, 2.05) is 36.4 Å². The number of carbonyl (C=O) groups is 1. The van der Waals surface area contributed by atoms with Gasteiger partial charge in [-0.3, -0.25) is 4.79 Å². The summed E-state index contributed by atoms with van der Waals surface area (Å²) >= 11 is 0. The summed E-state index contributed by atoms with van der Waals surface area (Å²) in [6, 6.07) is 13.9. The monoisotopic (exact) mass is 457 g/mol. The maximum Gasteiger partial charge on any atom is 0.241 e. The van der Waals surface area contributed by atoms with Crippen LogP contribution in [0.25, 0.3) is 0 Å². The van der Waals surface area contributed by atoms with Crippen LogP contribution in [0.15, 0.2) is 53.4 Å². The second-order valence-corrected chi connectivity index (χ2v) is 10.4. The molecule has 7 heteroatoms. The van der Waals surface area contributed by atoms with Crippen LogP contribution in [0.1, 0.15) is 55.7 Å². The second-order valence-electron chi connectivity index (χ2n) is 8.68. The Kier molecular flexibility index (Phi) is 8.45. The first-order valence-corrected chi connectivity index (χ1v) is 13.0. The summed E-state index contributed by atoms with van der Waals surface area (Å²) in [5.41, 5.74) is 8.66. The number of likely N-dealkylation sites (N-methyl/N-ethyl adjacent to an activating group) is 1. The molecule has 1 amide bonds. The molecule has 0 saturated heterocycles. The third-order valence-corrected chi connectivity index (χ3v) is 7.77. The van der Waals surface area contributed by atoms with Gasteiger partial charge in [-0.05, 0) is 54.5 Å². The molecule has 0 aromatic heterocycles. The first kappa shape index (κ1) is 24.4. The van der Waals surface area contributed by atoms with Crippen molar-refractivity contribution >= 4 is 15.9 Å². The van der Waals surface area contributed by atoms with E-state index in [-0.39, 0.29) is 23.3 Å². The third-order valence-electron chi connectivity index (χ3n) is 6.29. The molecule has 0 spiro atoms. The summed E-state index contributed by atoms with van der Waals surface area (Å²) in [6.45, 7) is 2.52. The summed E-state index contributed by atoms with van der Waals surface area (Å²) in [6.07, 6.45) is 6.31. The maximum atomic E-state index is 13.4. The fraction of sp³-hybridized carbons (Fsp3) is 0.480. The molecule has 2 aromatic rings. The van der Waals surface area contributed by atoms with E-state index in [0.717, 1.165) is 55.2 Å². The Balaban J connectivity index is 1.83. The maximum absolute atomic E-state index is 13.4. The SMILES string of the molecule is CCCc1ccc(S(=O)(=O)N[C@@H](Cc2ccc(CN)cc2)C(=O)N(C)C2CCCC2)cc1. The number of carbonyl (C=O) groups excluding carboxylic acids is 1. The minimum Gasteiger partial charge on any atom is -0.341 e. The molecule has 3 N–H and O–H groups in total. The molecule has 1 aliphatic rings. The van der Waals surface area contributed by atoms with Gasteiger partial charge in [-0.1, -0.05) is 62.6 Å². The van der Waals surface area contributed by atoms with Crippen molar-refractivity contribution in [1.82, 2.24) is 9.62 Å². The number of rotatable bonds is 10. The molecule has 0 heterocycles. The van der Waals surface area contributed by atoms with Crippen LogP contribution in [-0.2, 0) is 34.2 Å². The summed E-state index contributed by atoms with van der Waals surface area (Å²) in [5.74, 6) is -0.189. The summed E-state index contributed by atoms with van der Waals surface area (Å²) in [7, 11) is -2.06. The standard InChI is InChI=1S/C25H35N3O3S/c1-3-6-19-13-15-23(16-14-19)32(30,31)27-24(17-20-9-11-21(18-26)12-10-20)25(29)28(2)22-7-4-5-8-22/h9-16,22,24,27H,3-8,17-18,26H2,1-2H3/t24-/m0/s1. The summed E-state index contributed by atoms with van der Waals surface area (Å²) in [4.78, 5) is 15.3. The number of nitrogens with one attached hydrogen (secondary N) is 1. The Bertz CT molecular complexity index is 982. The molecule has 0 radical (unpaired) electrons. The highest BCUT2D eigenvalue weighted by molar-refractivity contribution is 7.89. The van der Waals surface area contributed by atoms with Crippen molar-refractivity contribution in [2.45, 2.75) is 75.4 Å². The highest BCUT2D eigenvalue weighted by Gasteiger charge is 2.32. The molecule has 6 nitrogen and oxygen atoms in total. The number of benzene rings is 2. The molecule has 1 fully saturated rings. The number of hydrogen-bond donors (Lipinski definition) is 2. The van der Waals surface area contributed by atoms with E-state index in [2.05, 4.69) is 11.6 Å². The van der Waals surface area contributed by atoms with Crippen LogP contribution >= 0.6 is 0 Å². The molecule has 3 rings (SSSR count). The van der Waals surface area contributed by atoms with Crippen molar-refractivity contribution < 1.29 is 13.2 Å². The van der Waals surface area contributed by atoms with Gasteiger partial charge in [0, 0.05) is 19.6 Å². The minimum absolute atomic E-state index is 0.169. The molecule has 174 valence electrons. The Labute approximate surface area is 192 Å². The van der Waals surface area contributed by atoms with Crippen LogP contribution in [0.2, 0.25) is 0 Å². The average molecular weight is 458 g/mol. The van der Waals surface area contributed by atoms with Crippen LogP contribution in [0.4, 0.5) is 0 Å². The number of aryl methyl sites for hydroxylation is 1. The Hall–Kier alpha value is -2.22. The van der Waals surface area contributed by atoms with Gasteiger partial charge in [-0.2, -0.15) is 4.72 Å². The number of nitrogens with zero attached hydrogens (tertiary/aromatic N) is 1. The van der Waals surface area contributed by atoms with Gasteiger partial charge in [0.05, 0.1) is 4.90 Å². The quantitative estimate of drug-likeness (QED) is 0.572. The van der Waals surface area contributed by atoms with Gasteiger partial charge >= 0.3 is 0 Å². The summed E-state index contributed by atoms with van der Waals surface area (Å²) < 4.78 is 29.0. The predicted octanol–water partition coefficient (Wildman–Crippen LogP) is 3.39. The molecule has 1 atom stereocenters. The predicted molar refractivity (Wildman–Crippen MR) is 128 cm³/mol. The van der Waals surface area contributed by atoms with Gasteiger partial charge in [-0.15, -0.1) is 0 Å². The van der Waals surface area contributed by atoms with E-state index in [1.165, 1.54) is 0 Å². The van der Waals surface area contributed by atoms with Crippen LogP contribution in [0.5, 0.6) is 0 Å². The largest absolute Gasteiger partial charge is 0.341 e. The van der Waals surface area contributed by atoms with Crippen LogP contribution in [-0.4, -0.2) is 38.4 Å². The lowest BCUT2D eigenvalue weighted by Crippen LogP contribution is -2.50. The molecule has 1 saturated carbocycles.